The molecule has 0 fully saturated rings. The molecule has 150 valence electrons. The molecule has 0 bridgehead atoms. The van der Waals surface area contributed by atoms with Gasteiger partial charge in [0, 0.05) is 30.8 Å². The first-order chi connectivity index (χ1) is 12.4. The minimum atomic E-state index is -5.81. The van der Waals surface area contributed by atoms with Gasteiger partial charge in [0.1, 0.15) is 5.82 Å². The molecule has 0 radical (unpaired) electrons. The van der Waals surface area contributed by atoms with E-state index in [1.807, 2.05) is 0 Å². The summed E-state index contributed by atoms with van der Waals surface area (Å²) in [6, 6.07) is 5.43. The van der Waals surface area contributed by atoms with E-state index in [1.165, 1.54) is 6.07 Å². The SMILES string of the molecule is O=C(c1ccccc1)N(C(F)(F)F)C(F)(F)F.OC(O)CCc1ncc[nH]1. The Balaban J connectivity index is 0.000000309. The zero-order valence-electron chi connectivity index (χ0n) is 13.5. The monoisotopic (exact) mass is 399 g/mol. The second kappa shape index (κ2) is 9.37. The number of benzene rings is 1. The van der Waals surface area contributed by atoms with E-state index in [-0.39, 0.29) is 0 Å². The number of amides is 1. The quantitative estimate of drug-likeness (QED) is 0.419. The lowest BCUT2D eigenvalue weighted by Crippen LogP contribution is -2.51. The number of rotatable bonds is 4. The molecule has 27 heavy (non-hydrogen) atoms. The van der Waals surface area contributed by atoms with Crippen molar-refractivity contribution in [2.75, 3.05) is 0 Å². The van der Waals surface area contributed by atoms with E-state index in [2.05, 4.69) is 9.97 Å². The average Bonchev–Trinajstić information content (AvgIpc) is 3.05. The zero-order chi connectivity index (χ0) is 20.7. The molecular formula is C15H15F6N3O3. The molecular weight excluding hydrogens is 384 g/mol. The number of aryl methyl sites for hydroxylation is 1. The van der Waals surface area contributed by atoms with Crippen LogP contribution in [0.15, 0.2) is 42.7 Å². The van der Waals surface area contributed by atoms with Gasteiger partial charge < -0.3 is 15.2 Å². The van der Waals surface area contributed by atoms with Crippen molar-refractivity contribution in [3.8, 4) is 0 Å². The van der Waals surface area contributed by atoms with Crippen LogP contribution in [0.5, 0.6) is 0 Å². The van der Waals surface area contributed by atoms with E-state index < -0.39 is 35.3 Å². The molecule has 0 spiro atoms. The van der Waals surface area contributed by atoms with Crippen LogP contribution >= 0.6 is 0 Å². The van der Waals surface area contributed by atoms with Crippen LogP contribution in [-0.2, 0) is 6.42 Å². The Labute approximate surface area is 149 Å². The largest absolute Gasteiger partial charge is 0.494 e. The molecule has 1 amide bonds. The van der Waals surface area contributed by atoms with Gasteiger partial charge >= 0.3 is 12.6 Å². The van der Waals surface area contributed by atoms with Gasteiger partial charge in [0.15, 0.2) is 6.29 Å². The third-order valence-electron chi connectivity index (χ3n) is 2.93. The van der Waals surface area contributed by atoms with Crippen LogP contribution in [0.1, 0.15) is 22.6 Å². The molecule has 2 aromatic rings. The molecule has 0 atom stereocenters. The van der Waals surface area contributed by atoms with E-state index in [4.69, 9.17) is 10.2 Å². The summed E-state index contributed by atoms with van der Waals surface area (Å²) in [7, 11) is 0. The first-order valence-corrected chi connectivity index (χ1v) is 7.30. The Bertz CT molecular complexity index is 673. The number of H-pyrrole nitrogens is 1. The van der Waals surface area contributed by atoms with Crippen molar-refractivity contribution >= 4 is 5.91 Å². The number of alkyl halides is 6. The van der Waals surface area contributed by atoms with Crippen molar-refractivity contribution in [1.82, 2.24) is 14.9 Å². The lowest BCUT2D eigenvalue weighted by molar-refractivity contribution is -0.348. The molecule has 0 aliphatic rings. The number of aliphatic hydroxyl groups excluding tert-OH is 1. The van der Waals surface area contributed by atoms with E-state index >= 15 is 0 Å². The number of halogens is 6. The molecule has 0 saturated heterocycles. The summed E-state index contributed by atoms with van der Waals surface area (Å²) in [6.45, 7) is 0. The van der Waals surface area contributed by atoms with Crippen LogP contribution in [0.3, 0.4) is 0 Å². The average molecular weight is 399 g/mol. The van der Waals surface area contributed by atoms with Gasteiger partial charge in [-0.3, -0.25) is 4.79 Å². The van der Waals surface area contributed by atoms with Crippen LogP contribution in [0.25, 0.3) is 0 Å². The Morgan fingerprint density at radius 2 is 1.63 bits per heavy atom. The molecule has 0 aliphatic heterocycles. The fourth-order valence-electron chi connectivity index (χ4n) is 1.78. The predicted molar refractivity (Wildman–Crippen MR) is 79.9 cm³/mol. The first kappa shape index (κ1) is 22.4. The number of nitrogens with zero attached hydrogens (tertiary/aromatic N) is 2. The van der Waals surface area contributed by atoms with Crippen LogP contribution in [0.4, 0.5) is 26.3 Å². The highest BCUT2D eigenvalue weighted by Crippen LogP contribution is 2.34. The molecule has 1 heterocycles. The van der Waals surface area contributed by atoms with Crippen LogP contribution < -0.4 is 0 Å². The maximum atomic E-state index is 12.1. The summed E-state index contributed by atoms with van der Waals surface area (Å²) < 4.78 is 72.8. The Morgan fingerprint density at radius 3 is 2.04 bits per heavy atom. The fourth-order valence-corrected chi connectivity index (χ4v) is 1.78. The number of hydrogen-bond acceptors (Lipinski definition) is 4. The number of nitrogens with one attached hydrogen (secondary N) is 1. The molecule has 0 saturated carbocycles. The lowest BCUT2D eigenvalue weighted by Gasteiger charge is -2.26. The number of hydrogen-bond donors (Lipinski definition) is 3. The van der Waals surface area contributed by atoms with E-state index in [0.29, 0.717) is 12.8 Å². The normalized spacial score (nSPS) is 11.7. The summed E-state index contributed by atoms with van der Waals surface area (Å²) in [6.07, 6.45) is -8.61. The third-order valence-corrected chi connectivity index (χ3v) is 2.93. The maximum Gasteiger partial charge on any atom is 0.494 e. The summed E-state index contributed by atoms with van der Waals surface area (Å²) in [4.78, 5) is 15.8. The van der Waals surface area contributed by atoms with Gasteiger partial charge in [-0.25, -0.2) is 4.98 Å². The van der Waals surface area contributed by atoms with Gasteiger partial charge in [-0.2, -0.15) is 4.90 Å². The van der Waals surface area contributed by atoms with Gasteiger partial charge in [-0.15, -0.1) is 26.3 Å². The van der Waals surface area contributed by atoms with Gasteiger partial charge in [0.2, 0.25) is 0 Å². The molecule has 1 aromatic heterocycles. The summed E-state index contributed by atoms with van der Waals surface area (Å²) in [5, 5.41) is 16.9. The molecule has 12 heteroatoms. The Hall–Kier alpha value is -2.60. The highest BCUT2D eigenvalue weighted by molar-refractivity contribution is 5.94. The fraction of sp³-hybridized carbons (Fsp3) is 0.333. The van der Waals surface area contributed by atoms with E-state index in [1.54, 1.807) is 12.4 Å². The van der Waals surface area contributed by atoms with Crippen molar-refractivity contribution < 1.29 is 41.4 Å². The van der Waals surface area contributed by atoms with E-state index in [0.717, 1.165) is 30.1 Å². The van der Waals surface area contributed by atoms with Crippen molar-refractivity contribution in [1.29, 1.82) is 0 Å². The smallest absolute Gasteiger partial charge is 0.368 e. The Kier molecular flexibility index (Phi) is 7.79. The summed E-state index contributed by atoms with van der Waals surface area (Å²) >= 11 is 0. The highest BCUT2D eigenvalue weighted by atomic mass is 19.4. The summed E-state index contributed by atoms with van der Waals surface area (Å²) in [5.74, 6) is -1.38. The first-order valence-electron chi connectivity index (χ1n) is 7.30. The molecule has 0 unspecified atom stereocenters. The van der Waals surface area contributed by atoms with Gasteiger partial charge in [0.25, 0.3) is 5.91 Å². The maximum absolute atomic E-state index is 12.1. The third kappa shape index (κ3) is 7.66. The highest BCUT2D eigenvalue weighted by Gasteiger charge is 2.57. The standard InChI is InChI=1S/C9H5F6NO.C6H10N2O2/c10-8(11,12)16(9(13,14)15)7(17)6-4-2-1-3-5-6;9-6(10)2-1-5-7-3-4-8-5/h1-5H;3-4,6,9-10H,1-2H2,(H,7,8). The number of aromatic amines is 1. The van der Waals surface area contributed by atoms with Crippen LogP contribution in [0.2, 0.25) is 0 Å². The number of carbonyl (C=O) groups excluding carboxylic acids is 1. The van der Waals surface area contributed by atoms with Gasteiger partial charge in [-0.05, 0) is 12.1 Å². The number of aromatic nitrogens is 2. The molecule has 0 aliphatic carbocycles. The number of imidazole rings is 1. The van der Waals surface area contributed by atoms with Crippen molar-refractivity contribution in [2.24, 2.45) is 0 Å². The van der Waals surface area contributed by atoms with Gasteiger partial charge in [-0.1, -0.05) is 18.2 Å². The second-order valence-electron chi connectivity index (χ2n) is 5.00. The van der Waals surface area contributed by atoms with E-state index in [9.17, 15) is 31.1 Å². The molecule has 6 nitrogen and oxygen atoms in total. The molecule has 2 rings (SSSR count). The van der Waals surface area contributed by atoms with Gasteiger partial charge in [0.05, 0.1) is 0 Å². The Morgan fingerprint density at radius 1 is 1.07 bits per heavy atom. The summed E-state index contributed by atoms with van der Waals surface area (Å²) in [5.41, 5.74) is -0.692. The second-order valence-corrected chi connectivity index (χ2v) is 5.00. The van der Waals surface area contributed by atoms with Crippen molar-refractivity contribution in [3.05, 3.63) is 54.1 Å². The molecule has 1 aromatic carbocycles. The van der Waals surface area contributed by atoms with Crippen LogP contribution in [0, 0.1) is 0 Å². The predicted octanol–water partition coefficient (Wildman–Crippen LogP) is 2.82. The van der Waals surface area contributed by atoms with Crippen LogP contribution in [-0.4, -0.2) is 49.9 Å². The minimum absolute atomic E-state index is 0.327. The van der Waals surface area contributed by atoms with Crippen molar-refractivity contribution in [2.45, 2.75) is 31.7 Å². The lowest BCUT2D eigenvalue weighted by atomic mass is 10.2. The topological polar surface area (TPSA) is 89.5 Å². The number of carbonyl (C=O) groups is 1. The number of aliphatic hydroxyl groups is 2. The molecule has 3 N–H and O–H groups in total. The zero-order valence-corrected chi connectivity index (χ0v) is 13.5. The van der Waals surface area contributed by atoms with Crippen molar-refractivity contribution in [3.63, 3.8) is 0 Å². The minimum Gasteiger partial charge on any atom is -0.368 e.